The molecule has 0 radical (unpaired) electrons. The molecular weight excluding hydrogens is 220 g/mol. The minimum Gasteiger partial charge on any atom is -0.311 e. The van der Waals surface area contributed by atoms with Gasteiger partial charge >= 0.3 is 0 Å². The fourth-order valence-corrected chi connectivity index (χ4v) is 3.94. The summed E-state index contributed by atoms with van der Waals surface area (Å²) in [6.45, 7) is 0. The third-order valence-electron chi connectivity index (χ3n) is 4.94. The van der Waals surface area contributed by atoms with Gasteiger partial charge in [0.25, 0.3) is 0 Å². The number of benzene rings is 1. The second-order valence-electron chi connectivity index (χ2n) is 6.33. The van der Waals surface area contributed by atoms with E-state index in [0.717, 1.165) is 30.1 Å². The summed E-state index contributed by atoms with van der Waals surface area (Å²) in [5, 5.41) is 7.62. The summed E-state index contributed by atoms with van der Waals surface area (Å²) in [4.78, 5) is 0. The van der Waals surface area contributed by atoms with Crippen LogP contribution in [0.25, 0.3) is 0 Å². The molecule has 0 amide bonds. The molecule has 0 spiro atoms. The van der Waals surface area contributed by atoms with Crippen LogP contribution in [0.15, 0.2) is 30.3 Å². The Balaban J connectivity index is 1.35. The molecule has 96 valence electrons. The highest BCUT2D eigenvalue weighted by atomic mass is 15.1. The number of nitrogens with one attached hydrogen (secondary N) is 2. The quantitative estimate of drug-likeness (QED) is 0.850. The molecule has 2 heterocycles. The maximum absolute atomic E-state index is 3.90. The lowest BCUT2D eigenvalue weighted by molar-refractivity contribution is 0.315. The summed E-state index contributed by atoms with van der Waals surface area (Å²) in [5.41, 5.74) is 1.52. The van der Waals surface area contributed by atoms with E-state index in [2.05, 4.69) is 41.0 Å². The Kier molecular flexibility index (Phi) is 2.66. The molecule has 1 saturated carbocycles. The second-order valence-corrected chi connectivity index (χ2v) is 6.33. The van der Waals surface area contributed by atoms with Crippen molar-refractivity contribution in [2.45, 2.75) is 62.2 Å². The normalized spacial score (nSPS) is 41.9. The van der Waals surface area contributed by atoms with Crippen molar-refractivity contribution in [3.8, 4) is 0 Å². The number of hydrogen-bond acceptors (Lipinski definition) is 2. The van der Waals surface area contributed by atoms with Gasteiger partial charge in [-0.25, -0.2) is 0 Å². The van der Waals surface area contributed by atoms with Gasteiger partial charge in [0.1, 0.15) is 0 Å². The first-order chi connectivity index (χ1) is 8.88. The zero-order chi connectivity index (χ0) is 11.9. The van der Waals surface area contributed by atoms with Gasteiger partial charge in [0.2, 0.25) is 0 Å². The molecule has 1 aromatic carbocycles. The maximum Gasteiger partial charge on any atom is 0.0145 e. The molecule has 2 nitrogen and oxygen atoms in total. The summed E-state index contributed by atoms with van der Waals surface area (Å²) in [6, 6.07) is 14.1. The second kappa shape index (κ2) is 4.36. The van der Waals surface area contributed by atoms with Crippen LogP contribution in [0, 0.1) is 0 Å². The molecule has 2 bridgehead atoms. The van der Waals surface area contributed by atoms with Crippen molar-refractivity contribution in [2.75, 3.05) is 0 Å². The molecule has 4 unspecified atom stereocenters. The lowest BCUT2D eigenvalue weighted by atomic mass is 9.99. The van der Waals surface area contributed by atoms with Crippen LogP contribution in [0.2, 0.25) is 0 Å². The van der Waals surface area contributed by atoms with E-state index in [1.807, 2.05) is 0 Å². The van der Waals surface area contributed by atoms with Crippen LogP contribution in [0.5, 0.6) is 0 Å². The van der Waals surface area contributed by atoms with Gasteiger partial charge in [-0.1, -0.05) is 30.3 Å². The molecule has 2 N–H and O–H groups in total. The monoisotopic (exact) mass is 242 g/mol. The summed E-state index contributed by atoms with van der Waals surface area (Å²) in [7, 11) is 0. The summed E-state index contributed by atoms with van der Waals surface area (Å²) < 4.78 is 0. The van der Waals surface area contributed by atoms with E-state index in [-0.39, 0.29) is 0 Å². The van der Waals surface area contributed by atoms with E-state index in [1.54, 1.807) is 0 Å². The number of rotatable bonds is 3. The highest BCUT2D eigenvalue weighted by molar-refractivity contribution is 5.27. The molecule has 2 heteroatoms. The first-order valence-electron chi connectivity index (χ1n) is 7.45. The van der Waals surface area contributed by atoms with Crippen LogP contribution in [-0.2, 0) is 0 Å². The average Bonchev–Trinajstić information content (AvgIpc) is 3.08. The van der Waals surface area contributed by atoms with Crippen LogP contribution in [0.4, 0.5) is 0 Å². The number of piperidine rings is 1. The fourth-order valence-electron chi connectivity index (χ4n) is 3.94. The molecule has 3 fully saturated rings. The van der Waals surface area contributed by atoms with Crippen molar-refractivity contribution < 1.29 is 0 Å². The SMILES string of the molecule is c1ccc(C2CC2NC2CC3CCC(C2)N3)cc1. The average molecular weight is 242 g/mol. The van der Waals surface area contributed by atoms with Gasteiger partial charge in [-0.3, -0.25) is 0 Å². The van der Waals surface area contributed by atoms with Crippen molar-refractivity contribution in [1.29, 1.82) is 0 Å². The molecule has 1 aromatic rings. The fraction of sp³-hybridized carbons (Fsp3) is 0.625. The van der Waals surface area contributed by atoms with Crippen LogP contribution in [0.3, 0.4) is 0 Å². The standard InChI is InChI=1S/C16H22N2/c1-2-4-11(5-3-1)15-10-16(15)18-14-8-12-6-7-13(9-14)17-12/h1-5,12-18H,6-10H2. The highest BCUT2D eigenvalue weighted by Gasteiger charge is 2.41. The van der Waals surface area contributed by atoms with Crippen LogP contribution < -0.4 is 10.6 Å². The van der Waals surface area contributed by atoms with E-state index >= 15 is 0 Å². The first-order valence-corrected chi connectivity index (χ1v) is 7.45. The Morgan fingerprint density at radius 2 is 1.67 bits per heavy atom. The van der Waals surface area contributed by atoms with Crippen molar-refractivity contribution >= 4 is 0 Å². The molecule has 18 heavy (non-hydrogen) atoms. The molecule has 2 aliphatic heterocycles. The van der Waals surface area contributed by atoms with Gasteiger partial charge in [-0.15, -0.1) is 0 Å². The summed E-state index contributed by atoms with van der Waals surface area (Å²) in [6.07, 6.45) is 6.82. The van der Waals surface area contributed by atoms with Crippen molar-refractivity contribution in [3.63, 3.8) is 0 Å². The Bertz CT molecular complexity index is 404. The van der Waals surface area contributed by atoms with Crippen LogP contribution in [0.1, 0.15) is 43.6 Å². The van der Waals surface area contributed by atoms with Gasteiger partial charge in [-0.05, 0) is 37.7 Å². The zero-order valence-corrected chi connectivity index (χ0v) is 10.8. The smallest absolute Gasteiger partial charge is 0.0145 e. The topological polar surface area (TPSA) is 24.1 Å². The predicted octanol–water partition coefficient (Wildman–Crippen LogP) is 2.42. The molecule has 0 aromatic heterocycles. The Morgan fingerprint density at radius 3 is 2.39 bits per heavy atom. The van der Waals surface area contributed by atoms with E-state index < -0.39 is 0 Å². The number of fused-ring (bicyclic) bond motifs is 2. The third kappa shape index (κ3) is 2.08. The minimum absolute atomic E-state index is 0.745. The first kappa shape index (κ1) is 11.0. The Hall–Kier alpha value is -0.860. The lowest BCUT2D eigenvalue weighted by Crippen LogP contribution is -2.47. The number of hydrogen-bond donors (Lipinski definition) is 2. The molecule has 1 aliphatic carbocycles. The molecule has 4 rings (SSSR count). The lowest BCUT2D eigenvalue weighted by Gasteiger charge is -2.30. The van der Waals surface area contributed by atoms with Crippen LogP contribution in [-0.4, -0.2) is 24.2 Å². The molecule has 2 saturated heterocycles. The van der Waals surface area contributed by atoms with Crippen LogP contribution >= 0.6 is 0 Å². The zero-order valence-electron chi connectivity index (χ0n) is 10.8. The van der Waals surface area contributed by atoms with E-state index in [4.69, 9.17) is 0 Å². The molecule has 3 aliphatic rings. The van der Waals surface area contributed by atoms with Crippen molar-refractivity contribution in [2.24, 2.45) is 0 Å². The van der Waals surface area contributed by atoms with Crippen molar-refractivity contribution in [1.82, 2.24) is 10.6 Å². The summed E-state index contributed by atoms with van der Waals surface area (Å²) >= 11 is 0. The minimum atomic E-state index is 0.745. The predicted molar refractivity (Wildman–Crippen MR) is 73.7 cm³/mol. The van der Waals surface area contributed by atoms with Gasteiger partial charge in [0.05, 0.1) is 0 Å². The summed E-state index contributed by atoms with van der Waals surface area (Å²) in [5.74, 6) is 0.777. The highest BCUT2D eigenvalue weighted by Crippen LogP contribution is 2.41. The van der Waals surface area contributed by atoms with Gasteiger partial charge in [0, 0.05) is 30.1 Å². The van der Waals surface area contributed by atoms with E-state index in [0.29, 0.717) is 0 Å². The maximum atomic E-state index is 3.90. The van der Waals surface area contributed by atoms with Crippen molar-refractivity contribution in [3.05, 3.63) is 35.9 Å². The molecule has 4 atom stereocenters. The Labute approximate surface area is 109 Å². The van der Waals surface area contributed by atoms with E-state index in [9.17, 15) is 0 Å². The third-order valence-corrected chi connectivity index (χ3v) is 4.94. The van der Waals surface area contributed by atoms with E-state index in [1.165, 1.54) is 37.7 Å². The van der Waals surface area contributed by atoms with Gasteiger partial charge in [0.15, 0.2) is 0 Å². The molecular formula is C16H22N2. The largest absolute Gasteiger partial charge is 0.311 e. The van der Waals surface area contributed by atoms with Gasteiger partial charge in [-0.2, -0.15) is 0 Å². The Morgan fingerprint density at radius 1 is 0.944 bits per heavy atom. The van der Waals surface area contributed by atoms with Gasteiger partial charge < -0.3 is 10.6 Å².